The summed E-state index contributed by atoms with van der Waals surface area (Å²) in [5, 5.41) is 9.05. The van der Waals surface area contributed by atoms with Crippen LogP contribution in [0.5, 0.6) is 0 Å². The fraction of sp³-hybridized carbons (Fsp3) is 1.00. The Labute approximate surface area is 80.9 Å². The van der Waals surface area contributed by atoms with Crippen LogP contribution >= 0.6 is 0 Å². The summed E-state index contributed by atoms with van der Waals surface area (Å²) in [6, 6.07) is 0.566. The predicted molar refractivity (Wildman–Crippen MR) is 53.6 cm³/mol. The maximum atomic E-state index is 9.05. The molecule has 76 valence electrons. The van der Waals surface area contributed by atoms with Gasteiger partial charge in [-0.15, -0.1) is 0 Å². The Hall–Kier alpha value is -0.0800. The Balaban J connectivity index is 1.78. The Bertz CT molecular complexity index is 181. The third-order valence-electron chi connectivity index (χ3n) is 4.18. The molecule has 2 rings (SSSR count). The molecule has 2 unspecified atom stereocenters. The first-order valence-corrected chi connectivity index (χ1v) is 5.52. The van der Waals surface area contributed by atoms with Gasteiger partial charge in [0.2, 0.25) is 0 Å². The number of aliphatic hydroxyl groups excluding tert-OH is 1. The molecule has 2 nitrogen and oxygen atoms in total. The summed E-state index contributed by atoms with van der Waals surface area (Å²) in [7, 11) is 0. The van der Waals surface area contributed by atoms with Gasteiger partial charge >= 0.3 is 0 Å². The van der Waals surface area contributed by atoms with E-state index >= 15 is 0 Å². The van der Waals surface area contributed by atoms with E-state index in [2.05, 4.69) is 18.7 Å². The second kappa shape index (κ2) is 3.25. The molecular formula is C11H21NO. The largest absolute Gasteiger partial charge is 0.396 e. The Kier molecular flexibility index (Phi) is 2.37. The van der Waals surface area contributed by atoms with Gasteiger partial charge in [-0.3, -0.25) is 4.90 Å². The number of hydrogen-bond acceptors (Lipinski definition) is 2. The molecule has 1 aliphatic heterocycles. The highest BCUT2D eigenvalue weighted by atomic mass is 16.3. The van der Waals surface area contributed by atoms with Crippen LogP contribution in [0.4, 0.5) is 0 Å². The molecular weight excluding hydrogens is 162 g/mol. The molecule has 1 N–H and O–H groups in total. The molecule has 1 saturated heterocycles. The van der Waals surface area contributed by atoms with Crippen molar-refractivity contribution in [2.24, 2.45) is 11.3 Å². The Morgan fingerprint density at radius 3 is 2.31 bits per heavy atom. The third kappa shape index (κ3) is 1.50. The topological polar surface area (TPSA) is 23.5 Å². The van der Waals surface area contributed by atoms with Gasteiger partial charge in [0.1, 0.15) is 0 Å². The molecule has 1 heterocycles. The molecule has 0 bridgehead atoms. The molecule has 2 heteroatoms. The fourth-order valence-corrected chi connectivity index (χ4v) is 2.61. The van der Waals surface area contributed by atoms with Crippen LogP contribution < -0.4 is 0 Å². The molecule has 0 aromatic carbocycles. The van der Waals surface area contributed by atoms with Gasteiger partial charge in [0.05, 0.1) is 0 Å². The Morgan fingerprint density at radius 2 is 1.92 bits per heavy atom. The van der Waals surface area contributed by atoms with Crippen molar-refractivity contribution in [2.75, 3.05) is 19.7 Å². The van der Waals surface area contributed by atoms with E-state index in [1.807, 2.05) is 0 Å². The third-order valence-corrected chi connectivity index (χ3v) is 4.18. The first kappa shape index (κ1) is 9.47. The summed E-state index contributed by atoms with van der Waals surface area (Å²) < 4.78 is 0. The van der Waals surface area contributed by atoms with Crippen LogP contribution in [0.25, 0.3) is 0 Å². The number of likely N-dealkylation sites (tertiary alicyclic amines) is 1. The first-order valence-electron chi connectivity index (χ1n) is 5.52. The van der Waals surface area contributed by atoms with E-state index in [1.165, 1.54) is 32.4 Å². The fourth-order valence-electron chi connectivity index (χ4n) is 2.61. The van der Waals surface area contributed by atoms with Crippen molar-refractivity contribution in [1.82, 2.24) is 4.90 Å². The molecule has 2 aliphatic rings. The van der Waals surface area contributed by atoms with E-state index in [0.29, 0.717) is 18.6 Å². The highest BCUT2D eigenvalue weighted by molar-refractivity contribution is 5.02. The number of rotatable bonds is 3. The number of nitrogens with zero attached hydrogens (tertiary/aromatic N) is 1. The summed E-state index contributed by atoms with van der Waals surface area (Å²) in [6.07, 6.45) is 4.34. The van der Waals surface area contributed by atoms with Crippen LogP contribution in [-0.4, -0.2) is 35.7 Å². The minimum absolute atomic E-state index is 0.324. The van der Waals surface area contributed by atoms with Gasteiger partial charge in [-0.2, -0.15) is 0 Å². The van der Waals surface area contributed by atoms with Crippen molar-refractivity contribution in [3.63, 3.8) is 0 Å². The van der Waals surface area contributed by atoms with Crippen molar-refractivity contribution >= 4 is 0 Å². The molecule has 0 aromatic heterocycles. The maximum Gasteiger partial charge on any atom is 0.0471 e. The van der Waals surface area contributed by atoms with E-state index in [4.69, 9.17) is 5.11 Å². The zero-order valence-corrected chi connectivity index (χ0v) is 8.79. The predicted octanol–water partition coefficient (Wildman–Crippen LogP) is 1.49. The molecule has 1 spiro atoms. The maximum absolute atomic E-state index is 9.05. The molecule has 1 aliphatic carbocycles. The highest BCUT2D eigenvalue weighted by Crippen LogP contribution is 2.49. The van der Waals surface area contributed by atoms with Crippen molar-refractivity contribution in [2.45, 2.75) is 39.2 Å². The van der Waals surface area contributed by atoms with E-state index in [1.54, 1.807) is 0 Å². The van der Waals surface area contributed by atoms with Gasteiger partial charge in [-0.05, 0) is 31.1 Å². The molecule has 0 amide bonds. The Morgan fingerprint density at radius 1 is 1.31 bits per heavy atom. The molecule has 0 aromatic rings. The van der Waals surface area contributed by atoms with Crippen molar-refractivity contribution in [3.05, 3.63) is 0 Å². The summed E-state index contributed by atoms with van der Waals surface area (Å²) in [5.74, 6) is 0.428. The molecule has 2 fully saturated rings. The average Bonchev–Trinajstić information content (AvgIpc) is 1.97. The van der Waals surface area contributed by atoms with Crippen LogP contribution in [-0.2, 0) is 0 Å². The van der Waals surface area contributed by atoms with Crippen molar-refractivity contribution < 1.29 is 5.11 Å². The van der Waals surface area contributed by atoms with Crippen LogP contribution in [0.15, 0.2) is 0 Å². The normalized spacial score (nSPS) is 30.7. The number of aliphatic hydroxyl groups is 1. The highest BCUT2D eigenvalue weighted by Gasteiger charge is 2.48. The lowest BCUT2D eigenvalue weighted by Crippen LogP contribution is -2.63. The number of hydrogen-bond donors (Lipinski definition) is 1. The van der Waals surface area contributed by atoms with Gasteiger partial charge in [0.25, 0.3) is 0 Å². The van der Waals surface area contributed by atoms with E-state index in [9.17, 15) is 0 Å². The van der Waals surface area contributed by atoms with Crippen molar-refractivity contribution in [3.8, 4) is 0 Å². The average molecular weight is 183 g/mol. The zero-order chi connectivity index (χ0) is 9.47. The quantitative estimate of drug-likeness (QED) is 0.716. The second-order valence-corrected chi connectivity index (χ2v) is 5.16. The molecule has 13 heavy (non-hydrogen) atoms. The summed E-state index contributed by atoms with van der Waals surface area (Å²) in [4.78, 5) is 2.53. The van der Waals surface area contributed by atoms with E-state index in [0.717, 1.165) is 5.41 Å². The summed E-state index contributed by atoms with van der Waals surface area (Å²) in [5.41, 5.74) is 0.726. The molecule has 1 saturated carbocycles. The zero-order valence-electron chi connectivity index (χ0n) is 8.79. The lowest BCUT2D eigenvalue weighted by molar-refractivity contribution is -0.0925. The first-order chi connectivity index (χ1) is 6.17. The summed E-state index contributed by atoms with van der Waals surface area (Å²) in [6.45, 7) is 7.28. The van der Waals surface area contributed by atoms with Crippen LogP contribution in [0.2, 0.25) is 0 Å². The minimum atomic E-state index is 0.324. The SMILES string of the molecule is CC(CO)C(C)N1CC2(CCC2)C1. The van der Waals surface area contributed by atoms with Crippen LogP contribution in [0.1, 0.15) is 33.1 Å². The van der Waals surface area contributed by atoms with Gasteiger partial charge in [-0.25, -0.2) is 0 Å². The van der Waals surface area contributed by atoms with Gasteiger partial charge in [-0.1, -0.05) is 13.3 Å². The van der Waals surface area contributed by atoms with E-state index < -0.39 is 0 Å². The van der Waals surface area contributed by atoms with Crippen LogP contribution in [0, 0.1) is 11.3 Å². The lowest BCUT2D eigenvalue weighted by Gasteiger charge is -2.58. The van der Waals surface area contributed by atoms with Gasteiger partial charge in [0, 0.05) is 25.7 Å². The van der Waals surface area contributed by atoms with E-state index in [-0.39, 0.29) is 0 Å². The molecule has 2 atom stereocenters. The minimum Gasteiger partial charge on any atom is -0.396 e. The van der Waals surface area contributed by atoms with Gasteiger partial charge in [0.15, 0.2) is 0 Å². The lowest BCUT2D eigenvalue weighted by atomic mass is 9.63. The standard InChI is InChI=1S/C11H21NO/c1-9(6-13)10(2)12-7-11(8-12)4-3-5-11/h9-10,13H,3-8H2,1-2H3. The smallest absolute Gasteiger partial charge is 0.0471 e. The van der Waals surface area contributed by atoms with Crippen molar-refractivity contribution in [1.29, 1.82) is 0 Å². The molecule has 0 radical (unpaired) electrons. The monoisotopic (exact) mass is 183 g/mol. The second-order valence-electron chi connectivity index (χ2n) is 5.16. The summed E-state index contributed by atoms with van der Waals surface area (Å²) >= 11 is 0. The van der Waals surface area contributed by atoms with Crippen LogP contribution in [0.3, 0.4) is 0 Å². The van der Waals surface area contributed by atoms with Gasteiger partial charge < -0.3 is 5.11 Å².